The molecule has 0 fully saturated rings. The first-order valence-electron chi connectivity index (χ1n) is 10.0. The van der Waals surface area contributed by atoms with Gasteiger partial charge in [0, 0.05) is 28.2 Å². The minimum Gasteiger partial charge on any atom is -0.493 e. The van der Waals surface area contributed by atoms with Gasteiger partial charge in [0.1, 0.15) is 5.03 Å². The summed E-state index contributed by atoms with van der Waals surface area (Å²) in [4.78, 5) is 30.1. The van der Waals surface area contributed by atoms with E-state index in [2.05, 4.69) is 15.6 Å². The quantitative estimate of drug-likeness (QED) is 0.418. The molecule has 1 heterocycles. The number of halogens is 1. The van der Waals surface area contributed by atoms with E-state index >= 15 is 0 Å². The van der Waals surface area contributed by atoms with Crippen molar-refractivity contribution in [2.75, 3.05) is 30.6 Å². The van der Waals surface area contributed by atoms with Crippen LogP contribution in [0.4, 0.5) is 11.4 Å². The third-order valence-corrected chi connectivity index (χ3v) is 5.84. The molecule has 0 unspecified atom stereocenters. The molecule has 3 rings (SSSR count). The monoisotopic (exact) mass is 485 g/mol. The van der Waals surface area contributed by atoms with Crippen molar-refractivity contribution in [1.82, 2.24) is 4.98 Å². The maximum absolute atomic E-state index is 13.0. The zero-order valence-electron chi connectivity index (χ0n) is 18.7. The molecular weight excluding hydrogens is 462 g/mol. The highest BCUT2D eigenvalue weighted by Gasteiger charge is 2.19. The lowest BCUT2D eigenvalue weighted by atomic mass is 10.1. The first-order chi connectivity index (χ1) is 15.8. The molecule has 0 aliphatic heterocycles. The van der Waals surface area contributed by atoms with Crippen molar-refractivity contribution in [3.05, 3.63) is 70.4 Å². The highest BCUT2D eigenvalue weighted by atomic mass is 35.5. The molecule has 0 aliphatic rings. The SMILES string of the molecule is COc1ccc(NC(=O)CSc2nc(C)cc(C)c2C(=O)Nc2cccc(Cl)c2)cc1OC. The lowest BCUT2D eigenvalue weighted by Gasteiger charge is -2.14. The van der Waals surface area contributed by atoms with Crippen molar-refractivity contribution in [3.63, 3.8) is 0 Å². The van der Waals surface area contributed by atoms with E-state index in [9.17, 15) is 9.59 Å². The van der Waals surface area contributed by atoms with Gasteiger partial charge in [-0.15, -0.1) is 0 Å². The fourth-order valence-corrected chi connectivity index (χ4v) is 4.32. The Balaban J connectivity index is 1.74. The molecule has 0 atom stereocenters. The molecule has 0 saturated carbocycles. The summed E-state index contributed by atoms with van der Waals surface area (Å²) in [5.41, 5.74) is 3.10. The van der Waals surface area contributed by atoms with Crippen LogP contribution in [-0.2, 0) is 4.79 Å². The summed E-state index contributed by atoms with van der Waals surface area (Å²) in [6, 6.07) is 13.9. The number of pyridine rings is 1. The number of aromatic nitrogens is 1. The van der Waals surface area contributed by atoms with Crippen LogP contribution in [0.5, 0.6) is 11.5 Å². The van der Waals surface area contributed by atoms with Crippen LogP contribution in [0, 0.1) is 13.8 Å². The Kier molecular flexibility index (Phi) is 8.19. The predicted molar refractivity (Wildman–Crippen MR) is 132 cm³/mol. The van der Waals surface area contributed by atoms with Gasteiger partial charge in [0.25, 0.3) is 5.91 Å². The number of methoxy groups -OCH3 is 2. The summed E-state index contributed by atoms with van der Waals surface area (Å²) in [5, 5.41) is 6.67. The first kappa shape index (κ1) is 24.4. The topological polar surface area (TPSA) is 89.5 Å². The number of rotatable bonds is 8. The number of benzene rings is 2. The number of anilines is 2. The number of nitrogens with one attached hydrogen (secondary N) is 2. The number of amides is 2. The van der Waals surface area contributed by atoms with Crippen LogP contribution in [0.3, 0.4) is 0 Å². The van der Waals surface area contributed by atoms with Crippen LogP contribution in [0.1, 0.15) is 21.6 Å². The van der Waals surface area contributed by atoms with E-state index in [1.165, 1.54) is 18.9 Å². The van der Waals surface area contributed by atoms with Gasteiger partial charge in [0.15, 0.2) is 11.5 Å². The number of carbonyl (C=O) groups is 2. The molecular formula is C24H24ClN3O4S. The van der Waals surface area contributed by atoms with E-state index < -0.39 is 0 Å². The minimum atomic E-state index is -0.315. The lowest BCUT2D eigenvalue weighted by Crippen LogP contribution is -2.18. The summed E-state index contributed by atoms with van der Waals surface area (Å²) >= 11 is 7.21. The van der Waals surface area contributed by atoms with Crippen LogP contribution in [0.25, 0.3) is 0 Å². The Morgan fingerprint density at radius 3 is 2.39 bits per heavy atom. The molecule has 0 saturated heterocycles. The number of nitrogens with zero attached hydrogens (tertiary/aromatic N) is 1. The van der Waals surface area contributed by atoms with Crippen LogP contribution >= 0.6 is 23.4 Å². The third kappa shape index (κ3) is 6.40. The summed E-state index contributed by atoms with van der Waals surface area (Å²) in [7, 11) is 3.07. The molecule has 172 valence electrons. The number of thioether (sulfide) groups is 1. The van der Waals surface area contributed by atoms with Gasteiger partial charge in [0.05, 0.1) is 25.5 Å². The van der Waals surface area contributed by atoms with Crippen LogP contribution in [0.15, 0.2) is 53.6 Å². The first-order valence-corrected chi connectivity index (χ1v) is 11.4. The van der Waals surface area contributed by atoms with Crippen molar-refractivity contribution in [1.29, 1.82) is 0 Å². The fourth-order valence-electron chi connectivity index (χ4n) is 3.19. The second-order valence-corrected chi connectivity index (χ2v) is 8.53. The molecule has 2 amide bonds. The van der Waals surface area contributed by atoms with Gasteiger partial charge in [-0.3, -0.25) is 9.59 Å². The molecule has 3 aromatic rings. The van der Waals surface area contributed by atoms with E-state index in [-0.39, 0.29) is 17.6 Å². The molecule has 33 heavy (non-hydrogen) atoms. The summed E-state index contributed by atoms with van der Waals surface area (Å²) in [5.74, 6) is 0.597. The molecule has 0 radical (unpaired) electrons. The normalized spacial score (nSPS) is 10.5. The van der Waals surface area contributed by atoms with Gasteiger partial charge in [-0.25, -0.2) is 4.98 Å². The van der Waals surface area contributed by atoms with Gasteiger partial charge in [-0.2, -0.15) is 0 Å². The average Bonchev–Trinajstić information content (AvgIpc) is 2.77. The second-order valence-electron chi connectivity index (χ2n) is 7.13. The Morgan fingerprint density at radius 2 is 1.70 bits per heavy atom. The largest absolute Gasteiger partial charge is 0.493 e. The van der Waals surface area contributed by atoms with Crippen LogP contribution in [0.2, 0.25) is 5.02 Å². The molecule has 2 aromatic carbocycles. The van der Waals surface area contributed by atoms with Gasteiger partial charge in [0.2, 0.25) is 5.91 Å². The molecule has 0 bridgehead atoms. The van der Waals surface area contributed by atoms with Crippen molar-refractivity contribution in [2.24, 2.45) is 0 Å². The number of carbonyl (C=O) groups excluding carboxylic acids is 2. The molecule has 0 aliphatic carbocycles. The average molecular weight is 486 g/mol. The molecule has 0 spiro atoms. The smallest absolute Gasteiger partial charge is 0.258 e. The van der Waals surface area contributed by atoms with Gasteiger partial charge >= 0.3 is 0 Å². The number of hydrogen-bond acceptors (Lipinski definition) is 6. The predicted octanol–water partition coefficient (Wildman–Crippen LogP) is 5.35. The number of hydrogen-bond donors (Lipinski definition) is 2. The van der Waals surface area contributed by atoms with E-state index in [1.807, 2.05) is 19.9 Å². The van der Waals surface area contributed by atoms with Crippen molar-refractivity contribution in [3.8, 4) is 11.5 Å². The lowest BCUT2D eigenvalue weighted by molar-refractivity contribution is -0.113. The Bertz CT molecular complexity index is 1190. The number of aryl methyl sites for hydroxylation is 2. The standard InChI is InChI=1S/C24H24ClN3O4S/c1-14-10-15(2)26-24(22(14)23(30)28-17-7-5-6-16(25)11-17)33-13-21(29)27-18-8-9-19(31-3)20(12-18)32-4/h5-12H,13H2,1-4H3,(H,27,29)(H,28,30). The maximum Gasteiger partial charge on any atom is 0.258 e. The van der Waals surface area contributed by atoms with Crippen molar-refractivity contribution < 1.29 is 19.1 Å². The van der Waals surface area contributed by atoms with E-state index in [0.29, 0.717) is 38.5 Å². The highest BCUT2D eigenvalue weighted by molar-refractivity contribution is 8.00. The fraction of sp³-hybridized carbons (Fsp3) is 0.208. The van der Waals surface area contributed by atoms with E-state index in [0.717, 1.165) is 11.3 Å². The number of ether oxygens (including phenoxy) is 2. The van der Waals surface area contributed by atoms with E-state index in [1.54, 1.807) is 49.6 Å². The summed E-state index contributed by atoms with van der Waals surface area (Å²) < 4.78 is 10.5. The molecule has 2 N–H and O–H groups in total. The summed E-state index contributed by atoms with van der Waals surface area (Å²) in [6.45, 7) is 3.69. The van der Waals surface area contributed by atoms with Gasteiger partial charge in [-0.1, -0.05) is 29.4 Å². The molecule has 9 heteroatoms. The zero-order valence-corrected chi connectivity index (χ0v) is 20.3. The zero-order chi connectivity index (χ0) is 24.0. The maximum atomic E-state index is 13.0. The molecule has 7 nitrogen and oxygen atoms in total. The molecule has 1 aromatic heterocycles. The Hall–Kier alpha value is -3.23. The van der Waals surface area contributed by atoms with Gasteiger partial charge in [-0.05, 0) is 55.8 Å². The van der Waals surface area contributed by atoms with E-state index in [4.69, 9.17) is 21.1 Å². The second kappa shape index (κ2) is 11.1. The Morgan fingerprint density at radius 1 is 0.970 bits per heavy atom. The van der Waals surface area contributed by atoms with Crippen molar-refractivity contribution >= 4 is 46.6 Å². The van der Waals surface area contributed by atoms with Crippen molar-refractivity contribution in [2.45, 2.75) is 18.9 Å². The van der Waals surface area contributed by atoms with Crippen LogP contribution < -0.4 is 20.1 Å². The summed E-state index contributed by atoms with van der Waals surface area (Å²) in [6.07, 6.45) is 0. The third-order valence-electron chi connectivity index (χ3n) is 4.63. The Labute approximate surface area is 201 Å². The van der Waals surface area contributed by atoms with Crippen LogP contribution in [-0.4, -0.2) is 36.8 Å². The minimum absolute atomic E-state index is 0.0711. The van der Waals surface area contributed by atoms with Gasteiger partial charge < -0.3 is 20.1 Å². The highest BCUT2D eigenvalue weighted by Crippen LogP contribution is 2.30.